The van der Waals surface area contributed by atoms with Crippen molar-refractivity contribution in [3.63, 3.8) is 0 Å². The number of nitrogens with zero attached hydrogens (tertiary/aromatic N) is 3. The zero-order valence-corrected chi connectivity index (χ0v) is 11.2. The average Bonchev–Trinajstić information content (AvgIpc) is 3.00. The first-order valence-corrected chi connectivity index (χ1v) is 6.23. The van der Waals surface area contributed by atoms with E-state index < -0.39 is 0 Å². The summed E-state index contributed by atoms with van der Waals surface area (Å²) in [5.41, 5.74) is 0.927. The van der Waals surface area contributed by atoms with E-state index in [0.29, 0.717) is 19.7 Å². The normalized spacial score (nSPS) is 10.2. The monoisotopic (exact) mass is 275 g/mol. The number of methoxy groups -OCH3 is 1. The van der Waals surface area contributed by atoms with Crippen LogP contribution < -0.4 is 10.6 Å². The molecule has 0 saturated carbocycles. The molecule has 2 N–H and O–H groups in total. The maximum absolute atomic E-state index is 11.4. The molecule has 20 heavy (non-hydrogen) atoms. The summed E-state index contributed by atoms with van der Waals surface area (Å²) in [5.74, 6) is 0.788. The fraction of sp³-hybridized carbons (Fsp3) is 0.308. The number of aromatic nitrogens is 3. The van der Waals surface area contributed by atoms with Crippen LogP contribution in [0.4, 0.5) is 4.79 Å². The lowest BCUT2D eigenvalue weighted by Gasteiger charge is -2.07. The van der Waals surface area contributed by atoms with Crippen molar-refractivity contribution in [2.24, 2.45) is 0 Å². The molecule has 0 unspecified atom stereocenters. The molecular formula is C13H17N5O2. The van der Waals surface area contributed by atoms with Crippen molar-refractivity contribution in [2.45, 2.75) is 6.54 Å². The van der Waals surface area contributed by atoms with Gasteiger partial charge in [-0.1, -0.05) is 6.07 Å². The number of urea groups is 1. The number of carbonyl (C=O) groups is 1. The molecule has 0 fully saturated rings. The minimum Gasteiger partial charge on any atom is -0.383 e. The Morgan fingerprint density at radius 1 is 1.40 bits per heavy atom. The third-order valence-corrected chi connectivity index (χ3v) is 2.62. The smallest absolute Gasteiger partial charge is 0.315 e. The van der Waals surface area contributed by atoms with Crippen molar-refractivity contribution in [1.29, 1.82) is 0 Å². The van der Waals surface area contributed by atoms with Crippen LogP contribution >= 0.6 is 0 Å². The van der Waals surface area contributed by atoms with Gasteiger partial charge in [-0.05, 0) is 11.6 Å². The summed E-state index contributed by atoms with van der Waals surface area (Å²) in [5, 5.41) is 5.43. The summed E-state index contributed by atoms with van der Waals surface area (Å²) in [6.07, 6.45) is 6.93. The fourth-order valence-electron chi connectivity index (χ4n) is 1.58. The predicted octanol–water partition coefficient (Wildman–Crippen LogP) is 0.713. The first-order chi connectivity index (χ1) is 9.79. The number of amides is 2. The SMILES string of the molecule is COCCNC(=O)NCc1ccc(-n2ccnc2)nc1. The van der Waals surface area contributed by atoms with Crippen LogP contribution in [-0.4, -0.2) is 40.8 Å². The molecule has 0 saturated heterocycles. The van der Waals surface area contributed by atoms with Gasteiger partial charge in [0.1, 0.15) is 12.1 Å². The molecule has 0 spiro atoms. The Morgan fingerprint density at radius 3 is 2.95 bits per heavy atom. The highest BCUT2D eigenvalue weighted by Gasteiger charge is 2.01. The topological polar surface area (TPSA) is 81.1 Å². The number of pyridine rings is 1. The maximum Gasteiger partial charge on any atom is 0.315 e. The van der Waals surface area contributed by atoms with Gasteiger partial charge in [0.05, 0.1) is 6.61 Å². The standard InChI is InChI=1S/C13H17N5O2/c1-20-7-5-15-13(19)17-9-11-2-3-12(16-8-11)18-6-4-14-10-18/h2-4,6,8,10H,5,7,9H2,1H3,(H2,15,17,19). The van der Waals surface area contributed by atoms with Gasteiger partial charge in [-0.2, -0.15) is 0 Å². The zero-order chi connectivity index (χ0) is 14.2. The molecule has 0 aliphatic carbocycles. The second-order valence-corrected chi connectivity index (χ2v) is 4.10. The van der Waals surface area contributed by atoms with Crippen molar-refractivity contribution >= 4 is 6.03 Å². The molecule has 2 aromatic heterocycles. The molecule has 2 heterocycles. The molecular weight excluding hydrogens is 258 g/mol. The van der Waals surface area contributed by atoms with Gasteiger partial charge in [-0.15, -0.1) is 0 Å². The lowest BCUT2D eigenvalue weighted by molar-refractivity contribution is 0.196. The van der Waals surface area contributed by atoms with Crippen molar-refractivity contribution in [2.75, 3.05) is 20.3 Å². The van der Waals surface area contributed by atoms with Crippen LogP contribution in [0, 0.1) is 0 Å². The molecule has 2 amide bonds. The summed E-state index contributed by atoms with van der Waals surface area (Å²) in [4.78, 5) is 19.7. The highest BCUT2D eigenvalue weighted by atomic mass is 16.5. The highest BCUT2D eigenvalue weighted by Crippen LogP contribution is 2.04. The van der Waals surface area contributed by atoms with Crippen molar-refractivity contribution < 1.29 is 9.53 Å². The Balaban J connectivity index is 1.81. The van der Waals surface area contributed by atoms with E-state index in [2.05, 4.69) is 20.6 Å². The summed E-state index contributed by atoms with van der Waals surface area (Å²) >= 11 is 0. The van der Waals surface area contributed by atoms with Crippen LogP contribution in [0.2, 0.25) is 0 Å². The van der Waals surface area contributed by atoms with Gasteiger partial charge < -0.3 is 15.4 Å². The van der Waals surface area contributed by atoms with Gasteiger partial charge in [-0.25, -0.2) is 14.8 Å². The number of nitrogens with one attached hydrogen (secondary N) is 2. The average molecular weight is 275 g/mol. The van der Waals surface area contributed by atoms with Gasteiger partial charge in [0.15, 0.2) is 0 Å². The van der Waals surface area contributed by atoms with E-state index in [-0.39, 0.29) is 6.03 Å². The first kappa shape index (κ1) is 14.0. The minimum atomic E-state index is -0.222. The van der Waals surface area contributed by atoms with Crippen molar-refractivity contribution in [3.8, 4) is 5.82 Å². The molecule has 7 heteroatoms. The van der Waals surface area contributed by atoms with E-state index in [9.17, 15) is 4.79 Å². The molecule has 106 valence electrons. The number of ether oxygens (including phenoxy) is 1. The second kappa shape index (κ2) is 7.25. The fourth-order valence-corrected chi connectivity index (χ4v) is 1.58. The summed E-state index contributed by atoms with van der Waals surface area (Å²) in [7, 11) is 1.59. The summed E-state index contributed by atoms with van der Waals surface area (Å²) in [6.45, 7) is 1.41. The third kappa shape index (κ3) is 4.06. The third-order valence-electron chi connectivity index (χ3n) is 2.62. The number of carbonyl (C=O) groups excluding carboxylic acids is 1. The molecule has 2 rings (SSSR count). The van der Waals surface area contributed by atoms with Crippen molar-refractivity contribution in [3.05, 3.63) is 42.6 Å². The van der Waals surface area contributed by atoms with E-state index in [1.54, 1.807) is 25.8 Å². The van der Waals surface area contributed by atoms with Crippen LogP contribution in [0.1, 0.15) is 5.56 Å². The Kier molecular flexibility index (Phi) is 5.08. The quantitative estimate of drug-likeness (QED) is 0.761. The largest absolute Gasteiger partial charge is 0.383 e. The van der Waals surface area contributed by atoms with Crippen LogP contribution in [0.25, 0.3) is 5.82 Å². The maximum atomic E-state index is 11.4. The number of hydrogen-bond acceptors (Lipinski definition) is 4. The minimum absolute atomic E-state index is 0.222. The van der Waals surface area contributed by atoms with Gasteiger partial charge >= 0.3 is 6.03 Å². The molecule has 0 bridgehead atoms. The van der Waals surface area contributed by atoms with E-state index in [1.165, 1.54) is 0 Å². The zero-order valence-electron chi connectivity index (χ0n) is 11.2. The molecule has 0 atom stereocenters. The Morgan fingerprint density at radius 2 is 2.30 bits per heavy atom. The lowest BCUT2D eigenvalue weighted by Crippen LogP contribution is -2.36. The van der Waals surface area contributed by atoms with Gasteiger partial charge in [0.2, 0.25) is 0 Å². The van der Waals surface area contributed by atoms with Crippen molar-refractivity contribution in [1.82, 2.24) is 25.2 Å². The summed E-state index contributed by atoms with van der Waals surface area (Å²) in [6, 6.07) is 3.57. The Bertz CT molecular complexity index is 524. The molecule has 7 nitrogen and oxygen atoms in total. The molecule has 0 radical (unpaired) electrons. The molecule has 0 aliphatic rings. The summed E-state index contributed by atoms with van der Waals surface area (Å²) < 4.78 is 6.66. The van der Waals surface area contributed by atoms with Gasteiger partial charge in [0, 0.05) is 38.8 Å². The molecule has 2 aromatic rings. The van der Waals surface area contributed by atoms with Crippen LogP contribution in [-0.2, 0) is 11.3 Å². The number of imidazole rings is 1. The molecule has 0 aromatic carbocycles. The van der Waals surface area contributed by atoms with E-state index in [1.807, 2.05) is 22.9 Å². The highest BCUT2D eigenvalue weighted by molar-refractivity contribution is 5.73. The molecule has 0 aliphatic heterocycles. The van der Waals surface area contributed by atoms with E-state index in [0.717, 1.165) is 11.4 Å². The Hall–Kier alpha value is -2.41. The van der Waals surface area contributed by atoms with E-state index >= 15 is 0 Å². The van der Waals surface area contributed by atoms with Crippen LogP contribution in [0.15, 0.2) is 37.1 Å². The predicted molar refractivity (Wildman–Crippen MR) is 73.5 cm³/mol. The number of hydrogen-bond donors (Lipinski definition) is 2. The van der Waals surface area contributed by atoms with E-state index in [4.69, 9.17) is 4.74 Å². The Labute approximate surface area is 117 Å². The number of rotatable bonds is 6. The van der Waals surface area contributed by atoms with Crippen LogP contribution in [0.3, 0.4) is 0 Å². The van der Waals surface area contributed by atoms with Gasteiger partial charge in [0.25, 0.3) is 0 Å². The second-order valence-electron chi connectivity index (χ2n) is 4.10. The van der Waals surface area contributed by atoms with Gasteiger partial charge in [-0.3, -0.25) is 4.57 Å². The van der Waals surface area contributed by atoms with Crippen LogP contribution in [0.5, 0.6) is 0 Å². The lowest BCUT2D eigenvalue weighted by atomic mass is 10.3. The first-order valence-electron chi connectivity index (χ1n) is 6.23.